The van der Waals surface area contributed by atoms with Crippen molar-refractivity contribution in [3.05, 3.63) is 27.4 Å². The molecule has 7 heteroatoms. The Hall–Kier alpha value is -1.73. The van der Waals surface area contributed by atoms with Crippen LogP contribution in [-0.4, -0.2) is 27.5 Å². The third-order valence-corrected chi connectivity index (χ3v) is 5.63. The minimum absolute atomic E-state index is 0.339. The van der Waals surface area contributed by atoms with Gasteiger partial charge >= 0.3 is 5.97 Å². The van der Waals surface area contributed by atoms with Crippen LogP contribution in [0.3, 0.4) is 0 Å². The number of carboxylic acids is 1. The van der Waals surface area contributed by atoms with Crippen molar-refractivity contribution in [2.75, 3.05) is 0 Å². The van der Waals surface area contributed by atoms with Gasteiger partial charge in [-0.1, -0.05) is 0 Å². The standard InChI is InChI=1S/C14H14N2O3S2/c1-8-10(21-12(15-8)9-3-6-20-7-9)11(17)16-14(13(18)19)4-2-5-14/h3,6-7H,2,4-5H2,1H3,(H,16,17)(H,18,19). The van der Waals surface area contributed by atoms with E-state index in [-0.39, 0.29) is 5.91 Å². The van der Waals surface area contributed by atoms with Crippen LogP contribution in [0, 0.1) is 6.92 Å². The molecule has 0 bridgehead atoms. The number of aromatic nitrogens is 1. The van der Waals surface area contributed by atoms with Crippen LogP contribution >= 0.6 is 22.7 Å². The number of hydrogen-bond donors (Lipinski definition) is 2. The molecule has 0 radical (unpaired) electrons. The highest BCUT2D eigenvalue weighted by molar-refractivity contribution is 7.17. The Morgan fingerprint density at radius 3 is 2.71 bits per heavy atom. The first-order valence-electron chi connectivity index (χ1n) is 6.58. The summed E-state index contributed by atoms with van der Waals surface area (Å²) in [5.74, 6) is -1.30. The number of nitrogens with one attached hydrogen (secondary N) is 1. The molecule has 0 atom stereocenters. The zero-order valence-electron chi connectivity index (χ0n) is 11.4. The maximum Gasteiger partial charge on any atom is 0.329 e. The van der Waals surface area contributed by atoms with Gasteiger partial charge in [-0.05, 0) is 37.6 Å². The number of carbonyl (C=O) groups excluding carboxylic acids is 1. The van der Waals surface area contributed by atoms with Gasteiger partial charge in [0.2, 0.25) is 0 Å². The fourth-order valence-corrected chi connectivity index (χ4v) is 3.99. The lowest BCUT2D eigenvalue weighted by molar-refractivity contribution is -0.148. The van der Waals surface area contributed by atoms with E-state index >= 15 is 0 Å². The van der Waals surface area contributed by atoms with Gasteiger partial charge in [-0.25, -0.2) is 9.78 Å². The molecular weight excluding hydrogens is 308 g/mol. The molecule has 1 fully saturated rings. The number of rotatable bonds is 4. The normalized spacial score (nSPS) is 16.2. The Bertz CT molecular complexity index is 687. The highest BCUT2D eigenvalue weighted by Crippen LogP contribution is 2.34. The largest absolute Gasteiger partial charge is 0.480 e. The number of carboxylic acid groups (broad SMARTS) is 1. The van der Waals surface area contributed by atoms with Crippen molar-refractivity contribution >= 4 is 34.6 Å². The highest BCUT2D eigenvalue weighted by atomic mass is 32.1. The van der Waals surface area contributed by atoms with Crippen molar-refractivity contribution in [2.45, 2.75) is 31.7 Å². The van der Waals surface area contributed by atoms with E-state index in [4.69, 9.17) is 0 Å². The predicted molar refractivity (Wildman–Crippen MR) is 81.8 cm³/mol. The maximum atomic E-state index is 12.4. The SMILES string of the molecule is Cc1nc(-c2ccsc2)sc1C(=O)NC1(C(=O)O)CCC1. The summed E-state index contributed by atoms with van der Waals surface area (Å²) >= 11 is 2.88. The van der Waals surface area contributed by atoms with Crippen molar-refractivity contribution in [3.8, 4) is 10.6 Å². The molecule has 2 N–H and O–H groups in total. The van der Waals surface area contributed by atoms with Gasteiger partial charge in [0.15, 0.2) is 0 Å². The number of carbonyl (C=O) groups is 2. The van der Waals surface area contributed by atoms with Crippen molar-refractivity contribution in [1.29, 1.82) is 0 Å². The molecule has 1 aliphatic rings. The third-order valence-electron chi connectivity index (χ3n) is 3.74. The van der Waals surface area contributed by atoms with Gasteiger partial charge in [-0.3, -0.25) is 4.79 Å². The second-order valence-corrected chi connectivity index (χ2v) is 6.92. The van der Waals surface area contributed by atoms with Crippen LogP contribution in [0.1, 0.15) is 34.6 Å². The topological polar surface area (TPSA) is 79.3 Å². The van der Waals surface area contributed by atoms with Gasteiger partial charge in [0, 0.05) is 10.9 Å². The Morgan fingerprint density at radius 1 is 1.43 bits per heavy atom. The van der Waals surface area contributed by atoms with Gasteiger partial charge in [-0.15, -0.1) is 11.3 Å². The second-order valence-electron chi connectivity index (χ2n) is 5.14. The number of amides is 1. The van der Waals surface area contributed by atoms with Gasteiger partial charge in [0.25, 0.3) is 5.91 Å². The zero-order valence-corrected chi connectivity index (χ0v) is 13.0. The zero-order chi connectivity index (χ0) is 15.0. The summed E-state index contributed by atoms with van der Waals surface area (Å²) in [5.41, 5.74) is 0.540. The summed E-state index contributed by atoms with van der Waals surface area (Å²) in [5, 5.41) is 16.7. The molecular formula is C14H14N2O3S2. The summed E-state index contributed by atoms with van der Waals surface area (Å²) < 4.78 is 0. The molecule has 110 valence electrons. The first-order chi connectivity index (χ1) is 10.0. The number of thiazole rings is 1. The molecule has 2 heterocycles. The fourth-order valence-electron chi connectivity index (χ4n) is 2.31. The second kappa shape index (κ2) is 5.23. The minimum atomic E-state index is -1.09. The van der Waals surface area contributed by atoms with E-state index < -0.39 is 11.5 Å². The fraction of sp³-hybridized carbons (Fsp3) is 0.357. The monoisotopic (exact) mass is 322 g/mol. The number of hydrogen-bond acceptors (Lipinski definition) is 5. The Labute approximate surface area is 129 Å². The first kappa shape index (κ1) is 14.2. The quantitative estimate of drug-likeness (QED) is 0.907. The summed E-state index contributed by atoms with van der Waals surface area (Å²) in [6, 6.07) is 1.95. The van der Waals surface area contributed by atoms with E-state index in [1.54, 1.807) is 18.3 Å². The molecule has 0 saturated heterocycles. The molecule has 2 aromatic rings. The van der Waals surface area contributed by atoms with E-state index in [1.807, 2.05) is 16.8 Å². The molecule has 5 nitrogen and oxygen atoms in total. The maximum absolute atomic E-state index is 12.4. The van der Waals surface area contributed by atoms with Gasteiger partial charge in [0.05, 0.1) is 5.69 Å². The average Bonchev–Trinajstić information content (AvgIpc) is 3.01. The van der Waals surface area contributed by atoms with Crippen LogP contribution < -0.4 is 5.32 Å². The number of nitrogens with zero attached hydrogens (tertiary/aromatic N) is 1. The molecule has 0 unspecified atom stereocenters. The van der Waals surface area contributed by atoms with E-state index in [1.165, 1.54) is 11.3 Å². The third kappa shape index (κ3) is 2.47. The predicted octanol–water partition coefficient (Wildman–Crippen LogP) is 2.92. The van der Waals surface area contributed by atoms with Gasteiger partial charge in [0.1, 0.15) is 15.4 Å². The van der Waals surface area contributed by atoms with Crippen LogP contribution in [0.2, 0.25) is 0 Å². The first-order valence-corrected chi connectivity index (χ1v) is 8.34. The number of aliphatic carboxylic acids is 1. The summed E-state index contributed by atoms with van der Waals surface area (Å²) in [4.78, 5) is 28.6. The summed E-state index contributed by atoms with van der Waals surface area (Å²) in [6.45, 7) is 1.77. The lowest BCUT2D eigenvalue weighted by atomic mass is 9.76. The van der Waals surface area contributed by atoms with Gasteiger partial charge in [-0.2, -0.15) is 11.3 Å². The highest BCUT2D eigenvalue weighted by Gasteiger charge is 2.46. The lowest BCUT2D eigenvalue weighted by Gasteiger charge is -2.38. The summed E-state index contributed by atoms with van der Waals surface area (Å²) in [7, 11) is 0. The van der Waals surface area contributed by atoms with Crippen molar-refractivity contribution < 1.29 is 14.7 Å². The van der Waals surface area contributed by atoms with E-state index in [0.717, 1.165) is 17.0 Å². The molecule has 0 aliphatic heterocycles. The number of thiophene rings is 1. The molecule has 0 spiro atoms. The molecule has 1 saturated carbocycles. The Kier molecular flexibility index (Phi) is 3.54. The van der Waals surface area contributed by atoms with Crippen LogP contribution in [0.4, 0.5) is 0 Å². The molecule has 1 amide bonds. The van der Waals surface area contributed by atoms with E-state index in [9.17, 15) is 14.7 Å². The van der Waals surface area contributed by atoms with Crippen LogP contribution in [0.15, 0.2) is 16.8 Å². The Morgan fingerprint density at radius 2 is 2.19 bits per heavy atom. The molecule has 0 aromatic carbocycles. The Balaban J connectivity index is 1.84. The molecule has 21 heavy (non-hydrogen) atoms. The molecule has 2 aromatic heterocycles. The van der Waals surface area contributed by atoms with E-state index in [0.29, 0.717) is 23.4 Å². The van der Waals surface area contributed by atoms with Gasteiger partial charge < -0.3 is 10.4 Å². The minimum Gasteiger partial charge on any atom is -0.480 e. The lowest BCUT2D eigenvalue weighted by Crippen LogP contribution is -2.59. The smallest absolute Gasteiger partial charge is 0.329 e. The van der Waals surface area contributed by atoms with E-state index in [2.05, 4.69) is 10.3 Å². The van der Waals surface area contributed by atoms with Crippen molar-refractivity contribution in [3.63, 3.8) is 0 Å². The molecule has 3 rings (SSSR count). The van der Waals surface area contributed by atoms with Crippen molar-refractivity contribution in [1.82, 2.24) is 10.3 Å². The van der Waals surface area contributed by atoms with Crippen LogP contribution in [0.25, 0.3) is 10.6 Å². The van der Waals surface area contributed by atoms with Crippen molar-refractivity contribution in [2.24, 2.45) is 0 Å². The summed E-state index contributed by atoms with van der Waals surface area (Å²) in [6.07, 6.45) is 1.81. The average molecular weight is 322 g/mol. The van der Waals surface area contributed by atoms with Crippen LogP contribution in [-0.2, 0) is 4.79 Å². The number of aryl methyl sites for hydroxylation is 1. The van der Waals surface area contributed by atoms with Crippen LogP contribution in [0.5, 0.6) is 0 Å². The molecule has 1 aliphatic carbocycles.